The lowest BCUT2D eigenvalue weighted by Gasteiger charge is -2.09. The van der Waals surface area contributed by atoms with Crippen LogP contribution >= 0.6 is 0 Å². The normalized spacial score (nSPS) is 11.3. The molecule has 0 aliphatic rings. The van der Waals surface area contributed by atoms with Gasteiger partial charge in [0.15, 0.2) is 0 Å². The molecule has 0 unspecified atom stereocenters. The summed E-state index contributed by atoms with van der Waals surface area (Å²) in [6.45, 7) is 1.94. The Labute approximate surface area is 135 Å². The van der Waals surface area contributed by atoms with Crippen LogP contribution in [0.15, 0.2) is 65.6 Å². The predicted octanol–water partition coefficient (Wildman–Crippen LogP) is 3.03. The molecule has 0 bridgehead atoms. The number of carbonyl (C=O) groups excluding carboxylic acids is 1. The van der Waals surface area contributed by atoms with Gasteiger partial charge in [0.1, 0.15) is 10.6 Å². The summed E-state index contributed by atoms with van der Waals surface area (Å²) in [5.41, 5.74) is 0.344. The number of carbonyl (C=O) groups is 1. The third-order valence-corrected chi connectivity index (χ3v) is 4.15. The number of rotatable bonds is 6. The van der Waals surface area contributed by atoms with Gasteiger partial charge in [-0.1, -0.05) is 36.4 Å². The first-order valence-corrected chi connectivity index (χ1v) is 8.37. The van der Waals surface area contributed by atoms with Crippen molar-refractivity contribution in [2.75, 3.05) is 6.61 Å². The van der Waals surface area contributed by atoms with Crippen molar-refractivity contribution in [1.29, 1.82) is 0 Å². The van der Waals surface area contributed by atoms with Crippen molar-refractivity contribution >= 4 is 22.2 Å². The van der Waals surface area contributed by atoms with Crippen LogP contribution in [-0.4, -0.2) is 21.0 Å². The first kappa shape index (κ1) is 16.8. The van der Waals surface area contributed by atoms with Crippen molar-refractivity contribution in [3.63, 3.8) is 0 Å². The second-order valence-electron chi connectivity index (χ2n) is 4.47. The number of hydrogen-bond acceptors (Lipinski definition) is 5. The largest absolute Gasteiger partial charge is 0.463 e. The lowest BCUT2D eigenvalue weighted by atomic mass is 10.2. The summed E-state index contributed by atoms with van der Waals surface area (Å²) in [5.74, 6) is -0.319. The Hall–Kier alpha value is -2.60. The third-order valence-electron chi connectivity index (χ3n) is 2.82. The Morgan fingerprint density at radius 3 is 2.39 bits per heavy atom. The highest BCUT2D eigenvalue weighted by Gasteiger charge is 2.19. The van der Waals surface area contributed by atoms with E-state index in [9.17, 15) is 13.2 Å². The molecule has 23 heavy (non-hydrogen) atoms. The Morgan fingerprint density at radius 1 is 1.04 bits per heavy atom. The molecule has 0 atom stereocenters. The standard InChI is InChI=1S/C17H16O5S/c1-2-21-17(18)13-12-14-8-6-7-11-16(14)23(19,20)22-15-9-4-3-5-10-15/h3-13H,2H2,1H3/b13-12+. The zero-order valence-electron chi connectivity index (χ0n) is 12.5. The summed E-state index contributed by atoms with van der Waals surface area (Å²) in [5, 5.41) is 0. The summed E-state index contributed by atoms with van der Waals surface area (Å²) in [6.07, 6.45) is 2.57. The van der Waals surface area contributed by atoms with Crippen LogP contribution in [-0.2, 0) is 19.6 Å². The van der Waals surface area contributed by atoms with Crippen molar-refractivity contribution < 1.29 is 22.1 Å². The minimum absolute atomic E-state index is 0.0237. The van der Waals surface area contributed by atoms with Gasteiger partial charge in [0.05, 0.1) is 6.61 Å². The molecule has 0 aliphatic heterocycles. The minimum Gasteiger partial charge on any atom is -0.463 e. The van der Waals surface area contributed by atoms with Crippen LogP contribution in [0.3, 0.4) is 0 Å². The van der Waals surface area contributed by atoms with Crippen molar-refractivity contribution in [2.45, 2.75) is 11.8 Å². The fraction of sp³-hybridized carbons (Fsp3) is 0.118. The predicted molar refractivity (Wildman–Crippen MR) is 86.4 cm³/mol. The summed E-state index contributed by atoms with van der Waals surface area (Å²) >= 11 is 0. The van der Waals surface area contributed by atoms with Gasteiger partial charge in [0.25, 0.3) is 0 Å². The lowest BCUT2D eigenvalue weighted by Crippen LogP contribution is -2.11. The van der Waals surface area contributed by atoms with Gasteiger partial charge in [-0.05, 0) is 36.8 Å². The van der Waals surface area contributed by atoms with E-state index >= 15 is 0 Å². The first-order chi connectivity index (χ1) is 11.0. The van der Waals surface area contributed by atoms with Gasteiger partial charge in [-0.25, -0.2) is 4.79 Å². The van der Waals surface area contributed by atoms with Crippen LogP contribution in [0.25, 0.3) is 6.08 Å². The fourth-order valence-corrected chi connectivity index (χ4v) is 2.97. The van der Waals surface area contributed by atoms with Gasteiger partial charge in [-0.2, -0.15) is 8.42 Å². The van der Waals surface area contributed by atoms with E-state index in [1.165, 1.54) is 18.2 Å². The van der Waals surface area contributed by atoms with E-state index in [2.05, 4.69) is 0 Å². The van der Waals surface area contributed by atoms with Gasteiger partial charge in [0.2, 0.25) is 0 Å². The minimum atomic E-state index is -4.01. The van der Waals surface area contributed by atoms with Gasteiger partial charge >= 0.3 is 16.1 Å². The molecule has 5 nitrogen and oxygen atoms in total. The van der Waals surface area contributed by atoms with Crippen molar-refractivity contribution in [1.82, 2.24) is 0 Å². The molecule has 0 saturated heterocycles. The van der Waals surface area contributed by atoms with Gasteiger partial charge in [0, 0.05) is 6.08 Å². The zero-order valence-corrected chi connectivity index (χ0v) is 13.3. The highest BCUT2D eigenvalue weighted by atomic mass is 32.2. The molecule has 0 N–H and O–H groups in total. The molecule has 2 rings (SSSR count). The third kappa shape index (κ3) is 4.69. The van der Waals surface area contributed by atoms with Gasteiger partial charge in [-0.3, -0.25) is 0 Å². The molecule has 0 fully saturated rings. The number of esters is 1. The molecule has 0 heterocycles. The highest BCUT2D eigenvalue weighted by Crippen LogP contribution is 2.22. The Kier molecular flexibility index (Phi) is 5.54. The summed E-state index contributed by atoms with van der Waals surface area (Å²) in [6, 6.07) is 14.5. The van der Waals surface area contributed by atoms with Crippen LogP contribution in [0.1, 0.15) is 12.5 Å². The highest BCUT2D eigenvalue weighted by molar-refractivity contribution is 7.87. The maximum atomic E-state index is 12.4. The van der Waals surface area contributed by atoms with Crippen molar-refractivity contribution in [3.05, 3.63) is 66.2 Å². The van der Waals surface area contributed by atoms with Gasteiger partial charge in [-0.15, -0.1) is 0 Å². The van der Waals surface area contributed by atoms with Gasteiger partial charge < -0.3 is 8.92 Å². The SMILES string of the molecule is CCOC(=O)/C=C/c1ccccc1S(=O)(=O)Oc1ccccc1. The fourth-order valence-electron chi connectivity index (χ4n) is 1.84. The Bertz CT molecular complexity index is 795. The topological polar surface area (TPSA) is 69.7 Å². The van der Waals surface area contributed by atoms with Crippen molar-refractivity contribution in [3.8, 4) is 5.75 Å². The van der Waals surface area contributed by atoms with Crippen LogP contribution in [0.5, 0.6) is 5.75 Å². The maximum absolute atomic E-state index is 12.4. The molecule has 0 aromatic heterocycles. The van der Waals surface area contributed by atoms with Crippen molar-refractivity contribution in [2.24, 2.45) is 0 Å². The van der Waals surface area contributed by atoms with E-state index in [1.807, 2.05) is 0 Å². The van der Waals surface area contributed by atoms with Crippen LogP contribution < -0.4 is 4.18 Å². The smallest absolute Gasteiger partial charge is 0.339 e. The number of ether oxygens (including phenoxy) is 1. The second-order valence-corrected chi connectivity index (χ2v) is 5.99. The molecule has 120 valence electrons. The quantitative estimate of drug-likeness (QED) is 0.462. The molecule has 0 saturated carbocycles. The average Bonchev–Trinajstić information content (AvgIpc) is 2.54. The molecule has 0 spiro atoms. The second kappa shape index (κ2) is 7.60. The first-order valence-electron chi connectivity index (χ1n) is 6.96. The summed E-state index contributed by atoms with van der Waals surface area (Å²) < 4.78 is 34.7. The summed E-state index contributed by atoms with van der Waals surface area (Å²) in [7, 11) is -4.01. The van der Waals surface area contributed by atoms with Crippen LogP contribution in [0.2, 0.25) is 0 Å². The van der Waals surface area contributed by atoms with E-state index in [1.54, 1.807) is 55.5 Å². The summed E-state index contributed by atoms with van der Waals surface area (Å²) in [4.78, 5) is 11.4. The molecular weight excluding hydrogens is 316 g/mol. The number of hydrogen-bond donors (Lipinski definition) is 0. The number of para-hydroxylation sites is 1. The van der Waals surface area contributed by atoms with E-state index in [4.69, 9.17) is 8.92 Å². The maximum Gasteiger partial charge on any atom is 0.339 e. The Morgan fingerprint density at radius 2 is 1.70 bits per heavy atom. The van der Waals surface area contributed by atoms with Crippen LogP contribution in [0.4, 0.5) is 0 Å². The molecular formula is C17H16O5S. The average molecular weight is 332 g/mol. The van der Waals surface area contributed by atoms with E-state index in [0.717, 1.165) is 0 Å². The van der Waals surface area contributed by atoms with Crippen LogP contribution in [0, 0.1) is 0 Å². The van der Waals surface area contributed by atoms with E-state index in [-0.39, 0.29) is 17.3 Å². The molecule has 2 aromatic rings. The molecule has 0 aliphatic carbocycles. The molecule has 0 amide bonds. The lowest BCUT2D eigenvalue weighted by molar-refractivity contribution is -0.137. The molecule has 2 aromatic carbocycles. The molecule has 0 radical (unpaired) electrons. The van der Waals surface area contributed by atoms with E-state index < -0.39 is 16.1 Å². The Balaban J connectivity index is 2.30. The number of benzene rings is 2. The van der Waals surface area contributed by atoms with E-state index in [0.29, 0.717) is 5.56 Å². The molecule has 6 heteroatoms. The zero-order chi connectivity index (χ0) is 16.7. The monoisotopic (exact) mass is 332 g/mol.